The standard InChI is InChI=1S/C30H50N4O6/c1-16-14-29(8,9)26(40-28-19(4)23(34(11)12)13-18(3)38-28)20(5)25(36)21(6)27(37)39-22(7)30(10,32-33-31)15-17(2)24(16)35/h15-16,18-23,26,28H,13-14H2,1-12H3/b17-15+/t16-,18?,19?,20+,21-,22-,23?,26-,28?,30-/m1/s1. The molecule has 2 aliphatic heterocycles. The molecule has 0 radical (unpaired) electrons. The molecule has 226 valence electrons. The number of azide groups is 1. The second-order valence-corrected chi connectivity index (χ2v) is 13.2. The number of esters is 1. The monoisotopic (exact) mass is 562 g/mol. The van der Waals surface area contributed by atoms with E-state index in [9.17, 15) is 19.9 Å². The van der Waals surface area contributed by atoms with Gasteiger partial charge in [0.25, 0.3) is 0 Å². The van der Waals surface area contributed by atoms with Crippen molar-refractivity contribution in [3.63, 3.8) is 0 Å². The van der Waals surface area contributed by atoms with Crippen molar-refractivity contribution < 1.29 is 28.6 Å². The van der Waals surface area contributed by atoms with E-state index in [0.29, 0.717) is 12.0 Å². The summed E-state index contributed by atoms with van der Waals surface area (Å²) in [6, 6.07) is 0.232. The van der Waals surface area contributed by atoms with E-state index in [4.69, 9.17) is 14.2 Å². The number of cyclic esters (lactones) is 1. The summed E-state index contributed by atoms with van der Waals surface area (Å²) in [6.07, 6.45) is 0.718. The zero-order chi connectivity index (χ0) is 30.7. The number of rotatable bonds is 4. The molecule has 1 saturated heterocycles. The molecule has 1 fully saturated rings. The van der Waals surface area contributed by atoms with Gasteiger partial charge in [0.15, 0.2) is 17.9 Å². The largest absolute Gasteiger partial charge is 0.461 e. The zero-order valence-corrected chi connectivity index (χ0v) is 26.4. The molecule has 0 spiro atoms. The highest BCUT2D eigenvalue weighted by Crippen LogP contribution is 2.41. The quantitative estimate of drug-likeness (QED) is 0.145. The van der Waals surface area contributed by atoms with Crippen molar-refractivity contribution in [2.75, 3.05) is 14.1 Å². The van der Waals surface area contributed by atoms with E-state index in [2.05, 4.69) is 21.8 Å². The van der Waals surface area contributed by atoms with Crippen molar-refractivity contribution in [2.45, 2.75) is 118 Å². The molecule has 0 aliphatic carbocycles. The molecule has 0 saturated carbocycles. The first-order valence-electron chi connectivity index (χ1n) is 14.4. The van der Waals surface area contributed by atoms with Crippen LogP contribution in [0, 0.1) is 29.1 Å². The SMILES string of the molecule is C/C1=C\[C@@](C)(N=[N+]=[N-])[C@@H](C)OC(=O)[C@H](C)C(=O)[C@H](C)[C@@H](OC2OC(C)CC(N(C)C)C2C)C(C)(C)C[C@@H](C)C1=O. The maximum atomic E-state index is 13.8. The molecule has 2 aliphatic rings. The molecule has 10 atom stereocenters. The third-order valence-electron chi connectivity index (χ3n) is 8.93. The van der Waals surface area contributed by atoms with E-state index in [1.165, 1.54) is 6.92 Å². The maximum absolute atomic E-state index is 13.8. The molecule has 0 aromatic carbocycles. The van der Waals surface area contributed by atoms with Gasteiger partial charge >= 0.3 is 5.97 Å². The molecule has 0 aromatic heterocycles. The van der Waals surface area contributed by atoms with Crippen molar-refractivity contribution in [2.24, 2.45) is 34.2 Å². The van der Waals surface area contributed by atoms with Gasteiger partial charge in [0.1, 0.15) is 17.6 Å². The van der Waals surface area contributed by atoms with Gasteiger partial charge in [-0.3, -0.25) is 14.4 Å². The van der Waals surface area contributed by atoms with Crippen molar-refractivity contribution in [1.82, 2.24) is 4.90 Å². The third kappa shape index (κ3) is 7.52. The average Bonchev–Trinajstić information content (AvgIpc) is 2.85. The summed E-state index contributed by atoms with van der Waals surface area (Å²) in [7, 11) is 4.08. The Labute approximate surface area is 239 Å². The molecular weight excluding hydrogens is 512 g/mol. The molecule has 0 N–H and O–H groups in total. The molecule has 0 amide bonds. The number of hydrogen-bond donors (Lipinski definition) is 0. The van der Waals surface area contributed by atoms with Gasteiger partial charge in [-0.05, 0) is 78.1 Å². The highest BCUT2D eigenvalue weighted by Gasteiger charge is 2.47. The number of carbonyl (C=O) groups is 3. The number of allylic oxidation sites excluding steroid dienone is 1. The number of nitrogens with zero attached hydrogens (tertiary/aromatic N) is 4. The van der Waals surface area contributed by atoms with E-state index in [0.717, 1.165) is 6.42 Å². The Bertz CT molecular complexity index is 1040. The van der Waals surface area contributed by atoms with Crippen LogP contribution in [0.1, 0.15) is 82.1 Å². The van der Waals surface area contributed by atoms with Gasteiger partial charge in [0.05, 0.1) is 12.2 Å². The van der Waals surface area contributed by atoms with Crippen LogP contribution in [0.2, 0.25) is 0 Å². The van der Waals surface area contributed by atoms with Crippen LogP contribution >= 0.6 is 0 Å². The summed E-state index contributed by atoms with van der Waals surface area (Å²) in [5.74, 6) is -3.29. The minimum absolute atomic E-state index is 0.0308. The lowest BCUT2D eigenvalue weighted by Gasteiger charge is -2.47. The molecule has 40 heavy (non-hydrogen) atoms. The van der Waals surface area contributed by atoms with Crippen LogP contribution in [-0.2, 0) is 28.6 Å². The highest BCUT2D eigenvalue weighted by molar-refractivity contribution is 6.00. The predicted molar refractivity (Wildman–Crippen MR) is 153 cm³/mol. The van der Waals surface area contributed by atoms with E-state index in [-0.39, 0.29) is 29.6 Å². The van der Waals surface area contributed by atoms with Crippen LogP contribution in [0.25, 0.3) is 10.4 Å². The third-order valence-corrected chi connectivity index (χ3v) is 8.93. The lowest BCUT2D eigenvalue weighted by molar-refractivity contribution is -0.268. The lowest BCUT2D eigenvalue weighted by Crippen LogP contribution is -2.53. The summed E-state index contributed by atoms with van der Waals surface area (Å²) in [6.45, 7) is 18.1. The van der Waals surface area contributed by atoms with Crippen LogP contribution in [0.5, 0.6) is 0 Å². The van der Waals surface area contributed by atoms with Gasteiger partial charge in [-0.15, -0.1) is 0 Å². The van der Waals surface area contributed by atoms with E-state index < -0.39 is 53.2 Å². The van der Waals surface area contributed by atoms with Crippen LogP contribution in [0.15, 0.2) is 16.8 Å². The summed E-state index contributed by atoms with van der Waals surface area (Å²) in [5.41, 5.74) is 7.67. The van der Waals surface area contributed by atoms with Crippen molar-refractivity contribution in [1.29, 1.82) is 0 Å². The van der Waals surface area contributed by atoms with Crippen LogP contribution < -0.4 is 0 Å². The van der Waals surface area contributed by atoms with E-state index >= 15 is 0 Å². The summed E-state index contributed by atoms with van der Waals surface area (Å²) >= 11 is 0. The predicted octanol–water partition coefficient (Wildman–Crippen LogP) is 5.50. The second-order valence-electron chi connectivity index (χ2n) is 13.2. The summed E-state index contributed by atoms with van der Waals surface area (Å²) in [5, 5.41) is 3.86. The van der Waals surface area contributed by atoms with Crippen LogP contribution in [0.4, 0.5) is 0 Å². The van der Waals surface area contributed by atoms with Crippen LogP contribution in [0.3, 0.4) is 0 Å². The molecule has 10 heteroatoms. The van der Waals surface area contributed by atoms with Gasteiger partial charge in [-0.2, -0.15) is 0 Å². The Morgan fingerprint density at radius 1 is 1.07 bits per heavy atom. The fourth-order valence-electron chi connectivity index (χ4n) is 6.38. The Balaban J connectivity index is 2.59. The first-order chi connectivity index (χ1) is 18.4. The minimum atomic E-state index is -1.31. The maximum Gasteiger partial charge on any atom is 0.316 e. The van der Waals surface area contributed by atoms with Gasteiger partial charge < -0.3 is 19.1 Å². The van der Waals surface area contributed by atoms with Crippen LogP contribution in [-0.4, -0.2) is 72.7 Å². The topological polar surface area (TPSA) is 131 Å². The van der Waals surface area contributed by atoms with E-state index in [1.807, 2.05) is 41.8 Å². The molecule has 2 heterocycles. The minimum Gasteiger partial charge on any atom is -0.461 e. The van der Waals surface area contributed by atoms with Gasteiger partial charge in [-0.1, -0.05) is 45.8 Å². The molecule has 0 aromatic rings. The van der Waals surface area contributed by atoms with Crippen molar-refractivity contribution in [3.8, 4) is 0 Å². The molecular formula is C30H50N4O6. The van der Waals surface area contributed by atoms with Crippen molar-refractivity contribution in [3.05, 3.63) is 22.1 Å². The number of ketones is 2. The normalized spacial score (nSPS) is 41.4. The zero-order valence-electron chi connectivity index (χ0n) is 26.4. The molecule has 4 unspecified atom stereocenters. The number of hydrogen-bond acceptors (Lipinski definition) is 8. The Kier molecular flexibility index (Phi) is 11.2. The second kappa shape index (κ2) is 13.1. The first-order valence-corrected chi connectivity index (χ1v) is 14.4. The summed E-state index contributed by atoms with van der Waals surface area (Å²) < 4.78 is 18.7. The number of Topliss-reactive ketones (excluding diaryl/α,β-unsaturated/α-hetero) is 2. The molecule has 10 nitrogen and oxygen atoms in total. The first kappa shape index (κ1) is 33.9. The fourth-order valence-corrected chi connectivity index (χ4v) is 6.38. The number of carbonyl (C=O) groups excluding carboxylic acids is 3. The molecule has 0 bridgehead atoms. The Hall–Kier alpha value is -2.26. The smallest absolute Gasteiger partial charge is 0.316 e. The Morgan fingerprint density at radius 3 is 2.23 bits per heavy atom. The van der Waals surface area contributed by atoms with Crippen molar-refractivity contribution >= 4 is 17.5 Å². The van der Waals surface area contributed by atoms with Gasteiger partial charge in [0.2, 0.25) is 0 Å². The van der Waals surface area contributed by atoms with Gasteiger partial charge in [0, 0.05) is 28.7 Å². The van der Waals surface area contributed by atoms with Gasteiger partial charge in [-0.25, -0.2) is 0 Å². The van der Waals surface area contributed by atoms with E-state index in [1.54, 1.807) is 33.8 Å². The average molecular weight is 563 g/mol. The highest BCUT2D eigenvalue weighted by atomic mass is 16.7. The fraction of sp³-hybridized carbons (Fsp3) is 0.833. The number of ether oxygens (including phenoxy) is 3. The Morgan fingerprint density at radius 2 is 1.68 bits per heavy atom. The summed E-state index contributed by atoms with van der Waals surface area (Å²) in [4.78, 5) is 45.6. The molecule has 2 rings (SSSR count). The lowest BCUT2D eigenvalue weighted by atomic mass is 9.71.